The SMILES string of the molecule is CCS(=O)(=O)c1ccc(CC(=O)Nc2ccc(CN(Cc3ccccc3)CC3CCC3)cc2)cc1. The molecule has 1 saturated carbocycles. The van der Waals surface area contributed by atoms with Crippen molar-refractivity contribution in [2.24, 2.45) is 5.92 Å². The Morgan fingerprint density at radius 1 is 0.857 bits per heavy atom. The smallest absolute Gasteiger partial charge is 0.228 e. The maximum absolute atomic E-state index is 12.5. The Balaban J connectivity index is 1.32. The first-order chi connectivity index (χ1) is 16.9. The molecule has 4 rings (SSSR count). The molecule has 1 amide bonds. The third kappa shape index (κ3) is 7.26. The fraction of sp³-hybridized carbons (Fsp3) is 0.345. The van der Waals surface area contributed by atoms with Gasteiger partial charge in [-0.15, -0.1) is 0 Å². The number of benzene rings is 3. The number of amides is 1. The lowest BCUT2D eigenvalue weighted by atomic mass is 9.85. The van der Waals surface area contributed by atoms with Crippen LogP contribution in [0.25, 0.3) is 0 Å². The van der Waals surface area contributed by atoms with Crippen LogP contribution in [-0.2, 0) is 34.1 Å². The summed E-state index contributed by atoms with van der Waals surface area (Å²) < 4.78 is 23.9. The number of anilines is 1. The predicted octanol–water partition coefficient (Wildman–Crippen LogP) is 5.46. The van der Waals surface area contributed by atoms with E-state index in [1.165, 1.54) is 30.4 Å². The Labute approximate surface area is 209 Å². The van der Waals surface area contributed by atoms with Gasteiger partial charge in [0.1, 0.15) is 0 Å². The van der Waals surface area contributed by atoms with E-state index in [1.807, 2.05) is 12.1 Å². The Hall–Kier alpha value is -2.96. The first-order valence-electron chi connectivity index (χ1n) is 12.4. The highest BCUT2D eigenvalue weighted by atomic mass is 32.2. The normalized spacial score (nSPS) is 14.0. The molecule has 1 aliphatic rings. The van der Waals surface area contributed by atoms with Gasteiger partial charge in [0.25, 0.3) is 0 Å². The van der Waals surface area contributed by atoms with E-state index in [0.29, 0.717) is 4.90 Å². The second-order valence-electron chi connectivity index (χ2n) is 9.42. The molecular formula is C29H34N2O3S. The molecule has 5 nitrogen and oxygen atoms in total. The maximum atomic E-state index is 12.5. The van der Waals surface area contributed by atoms with Crippen molar-refractivity contribution in [3.05, 3.63) is 95.6 Å². The largest absolute Gasteiger partial charge is 0.326 e. The molecule has 3 aromatic rings. The Kier molecular flexibility index (Phi) is 8.37. The van der Waals surface area contributed by atoms with E-state index in [1.54, 1.807) is 31.2 Å². The Bertz CT molecular complexity index is 1200. The van der Waals surface area contributed by atoms with E-state index in [2.05, 4.69) is 52.7 Å². The van der Waals surface area contributed by atoms with E-state index >= 15 is 0 Å². The van der Waals surface area contributed by atoms with Gasteiger partial charge in [0, 0.05) is 25.3 Å². The van der Waals surface area contributed by atoms with Crippen molar-refractivity contribution in [3.8, 4) is 0 Å². The number of rotatable bonds is 11. The minimum Gasteiger partial charge on any atom is -0.326 e. The molecule has 0 heterocycles. The van der Waals surface area contributed by atoms with Crippen molar-refractivity contribution in [2.75, 3.05) is 17.6 Å². The minimum absolute atomic E-state index is 0.0629. The van der Waals surface area contributed by atoms with Crippen molar-refractivity contribution in [3.63, 3.8) is 0 Å². The summed E-state index contributed by atoms with van der Waals surface area (Å²) in [5.74, 6) is 0.737. The summed E-state index contributed by atoms with van der Waals surface area (Å²) in [6.45, 7) is 4.56. The molecule has 0 bridgehead atoms. The van der Waals surface area contributed by atoms with Gasteiger partial charge in [0.2, 0.25) is 5.91 Å². The van der Waals surface area contributed by atoms with Crippen LogP contribution in [0.2, 0.25) is 0 Å². The molecule has 0 atom stereocenters. The van der Waals surface area contributed by atoms with Gasteiger partial charge in [-0.2, -0.15) is 0 Å². The molecule has 35 heavy (non-hydrogen) atoms. The van der Waals surface area contributed by atoms with Crippen molar-refractivity contribution >= 4 is 21.4 Å². The molecule has 0 spiro atoms. The first-order valence-corrected chi connectivity index (χ1v) is 14.0. The molecule has 0 radical (unpaired) electrons. The van der Waals surface area contributed by atoms with Crippen LogP contribution in [0.3, 0.4) is 0 Å². The molecule has 1 aliphatic carbocycles. The zero-order valence-electron chi connectivity index (χ0n) is 20.3. The highest BCUT2D eigenvalue weighted by molar-refractivity contribution is 7.91. The van der Waals surface area contributed by atoms with Gasteiger partial charge >= 0.3 is 0 Å². The molecule has 3 aromatic carbocycles. The summed E-state index contributed by atoms with van der Waals surface area (Å²) in [6.07, 6.45) is 4.20. The molecule has 0 saturated heterocycles. The zero-order chi connectivity index (χ0) is 24.7. The van der Waals surface area contributed by atoms with E-state index in [0.717, 1.165) is 36.8 Å². The average Bonchev–Trinajstić information content (AvgIpc) is 2.83. The number of nitrogens with one attached hydrogen (secondary N) is 1. The van der Waals surface area contributed by atoms with Crippen molar-refractivity contribution in [1.29, 1.82) is 0 Å². The monoisotopic (exact) mass is 490 g/mol. The van der Waals surface area contributed by atoms with Gasteiger partial charge in [0.05, 0.1) is 17.1 Å². The summed E-state index contributed by atoms with van der Waals surface area (Å²) >= 11 is 0. The number of hydrogen-bond donors (Lipinski definition) is 1. The minimum atomic E-state index is -3.23. The molecule has 184 valence electrons. The fourth-order valence-corrected chi connectivity index (χ4v) is 5.27. The van der Waals surface area contributed by atoms with Crippen LogP contribution >= 0.6 is 0 Å². The average molecular weight is 491 g/mol. The van der Waals surface area contributed by atoms with Crippen LogP contribution in [0.15, 0.2) is 83.8 Å². The van der Waals surface area contributed by atoms with Gasteiger partial charge in [-0.3, -0.25) is 9.69 Å². The van der Waals surface area contributed by atoms with Crippen molar-refractivity contribution < 1.29 is 13.2 Å². The number of carbonyl (C=O) groups is 1. The van der Waals surface area contributed by atoms with Crippen molar-refractivity contribution in [2.45, 2.75) is 50.6 Å². The van der Waals surface area contributed by atoms with Gasteiger partial charge in [0.15, 0.2) is 9.84 Å². The molecule has 1 fully saturated rings. The van der Waals surface area contributed by atoms with Gasteiger partial charge in [-0.25, -0.2) is 8.42 Å². The highest BCUT2D eigenvalue weighted by Crippen LogP contribution is 2.28. The summed E-state index contributed by atoms with van der Waals surface area (Å²) in [5, 5.41) is 2.95. The molecule has 6 heteroatoms. The maximum Gasteiger partial charge on any atom is 0.228 e. The van der Waals surface area contributed by atoms with E-state index in [4.69, 9.17) is 0 Å². The van der Waals surface area contributed by atoms with Gasteiger partial charge in [-0.1, -0.05) is 67.9 Å². The second kappa shape index (κ2) is 11.6. The lowest BCUT2D eigenvalue weighted by molar-refractivity contribution is -0.115. The van der Waals surface area contributed by atoms with Gasteiger partial charge in [-0.05, 0) is 59.7 Å². The van der Waals surface area contributed by atoms with Gasteiger partial charge < -0.3 is 5.32 Å². The van der Waals surface area contributed by atoms with Crippen LogP contribution < -0.4 is 5.32 Å². The first kappa shape index (κ1) is 25.1. The zero-order valence-corrected chi connectivity index (χ0v) is 21.1. The summed E-state index contributed by atoms with van der Waals surface area (Å²) in [4.78, 5) is 15.3. The van der Waals surface area contributed by atoms with Crippen LogP contribution in [0.1, 0.15) is 42.9 Å². The lowest BCUT2D eigenvalue weighted by Gasteiger charge is -2.32. The number of nitrogens with zero attached hydrogens (tertiary/aromatic N) is 1. The van der Waals surface area contributed by atoms with E-state index in [-0.39, 0.29) is 18.1 Å². The third-order valence-corrected chi connectivity index (χ3v) is 8.41. The van der Waals surface area contributed by atoms with Crippen LogP contribution in [0, 0.1) is 5.92 Å². The summed E-state index contributed by atoms with van der Waals surface area (Å²) in [5.41, 5.74) is 4.10. The predicted molar refractivity (Wildman–Crippen MR) is 141 cm³/mol. The molecule has 0 aliphatic heterocycles. The molecule has 1 N–H and O–H groups in total. The quantitative estimate of drug-likeness (QED) is 0.387. The van der Waals surface area contributed by atoms with E-state index in [9.17, 15) is 13.2 Å². The Morgan fingerprint density at radius 3 is 2.03 bits per heavy atom. The number of sulfone groups is 1. The number of hydrogen-bond acceptors (Lipinski definition) is 4. The number of carbonyl (C=O) groups excluding carboxylic acids is 1. The summed E-state index contributed by atoms with van der Waals surface area (Å²) in [6, 6.07) is 25.2. The molecule has 0 aromatic heterocycles. The third-order valence-electron chi connectivity index (χ3n) is 6.66. The second-order valence-corrected chi connectivity index (χ2v) is 11.7. The molecular weight excluding hydrogens is 456 g/mol. The molecule has 0 unspecified atom stereocenters. The Morgan fingerprint density at radius 2 is 1.46 bits per heavy atom. The lowest BCUT2D eigenvalue weighted by Crippen LogP contribution is -2.31. The van der Waals surface area contributed by atoms with Crippen LogP contribution in [-0.4, -0.2) is 31.5 Å². The highest BCUT2D eigenvalue weighted by Gasteiger charge is 2.21. The van der Waals surface area contributed by atoms with Crippen LogP contribution in [0.4, 0.5) is 5.69 Å². The van der Waals surface area contributed by atoms with Crippen molar-refractivity contribution in [1.82, 2.24) is 4.90 Å². The standard InChI is InChI=1S/C29H34N2O3S/c1-2-35(33,34)28-17-13-23(14-18-28)19-29(32)30-27-15-11-26(12-16-27)22-31(21-25-9-6-10-25)20-24-7-4-3-5-8-24/h3-5,7-8,11-18,25H,2,6,9-10,19-22H2,1H3,(H,30,32). The topological polar surface area (TPSA) is 66.5 Å². The summed E-state index contributed by atoms with van der Waals surface area (Å²) in [7, 11) is -3.23. The van der Waals surface area contributed by atoms with E-state index < -0.39 is 9.84 Å². The fourth-order valence-electron chi connectivity index (χ4n) is 4.39. The van der Waals surface area contributed by atoms with Crippen LogP contribution in [0.5, 0.6) is 0 Å².